The summed E-state index contributed by atoms with van der Waals surface area (Å²) in [6.07, 6.45) is 4.65. The fourth-order valence-corrected chi connectivity index (χ4v) is 2.97. The number of amides is 1. The van der Waals surface area contributed by atoms with Crippen molar-refractivity contribution in [3.8, 4) is 0 Å². The van der Waals surface area contributed by atoms with E-state index in [4.69, 9.17) is 4.74 Å². The standard InChI is InChI=1S/C19H25N3O2/c1-13-6-9-16(22(12-13)18(23)24-19(2,3)4)14-7-8-15-11-20-21(5)17(15)10-14/h7-11,13H,6,12H2,1-5H3. The molecule has 1 aliphatic heterocycles. The van der Waals surface area contributed by atoms with Crippen molar-refractivity contribution in [2.24, 2.45) is 13.0 Å². The average molecular weight is 327 g/mol. The van der Waals surface area contributed by atoms with E-state index in [1.807, 2.05) is 50.8 Å². The maximum atomic E-state index is 12.7. The molecule has 2 aromatic rings. The topological polar surface area (TPSA) is 47.4 Å². The van der Waals surface area contributed by atoms with Crippen LogP contribution in [0.3, 0.4) is 0 Å². The van der Waals surface area contributed by atoms with Gasteiger partial charge in [-0.05, 0) is 39.2 Å². The molecule has 5 nitrogen and oxygen atoms in total. The summed E-state index contributed by atoms with van der Waals surface area (Å²) in [4.78, 5) is 14.4. The molecule has 5 heteroatoms. The fourth-order valence-electron chi connectivity index (χ4n) is 2.97. The van der Waals surface area contributed by atoms with E-state index < -0.39 is 5.60 Å². The van der Waals surface area contributed by atoms with Gasteiger partial charge in [0.05, 0.1) is 17.4 Å². The Morgan fingerprint density at radius 3 is 2.79 bits per heavy atom. The molecule has 0 aliphatic carbocycles. The molecule has 1 unspecified atom stereocenters. The van der Waals surface area contributed by atoms with E-state index in [0.717, 1.165) is 28.6 Å². The molecule has 0 radical (unpaired) electrons. The van der Waals surface area contributed by atoms with Crippen LogP contribution < -0.4 is 0 Å². The third-order valence-corrected chi connectivity index (χ3v) is 4.16. The summed E-state index contributed by atoms with van der Waals surface area (Å²) in [5.41, 5.74) is 2.49. The number of rotatable bonds is 1. The smallest absolute Gasteiger partial charge is 0.414 e. The van der Waals surface area contributed by atoms with Gasteiger partial charge < -0.3 is 4.74 Å². The molecule has 3 rings (SSSR count). The first-order valence-corrected chi connectivity index (χ1v) is 8.37. The highest BCUT2D eigenvalue weighted by Crippen LogP contribution is 2.30. The highest BCUT2D eigenvalue weighted by atomic mass is 16.6. The minimum atomic E-state index is -0.505. The monoisotopic (exact) mass is 327 g/mol. The van der Waals surface area contributed by atoms with Crippen LogP contribution in [0.4, 0.5) is 4.79 Å². The van der Waals surface area contributed by atoms with E-state index in [1.54, 1.807) is 4.90 Å². The Labute approximate surface area is 142 Å². The van der Waals surface area contributed by atoms with E-state index in [-0.39, 0.29) is 6.09 Å². The van der Waals surface area contributed by atoms with Gasteiger partial charge in [0.25, 0.3) is 0 Å². The van der Waals surface area contributed by atoms with Gasteiger partial charge in [-0.2, -0.15) is 5.10 Å². The zero-order chi connectivity index (χ0) is 17.5. The maximum Gasteiger partial charge on any atom is 0.414 e. The zero-order valence-corrected chi connectivity index (χ0v) is 15.0. The first-order chi connectivity index (χ1) is 11.2. The summed E-state index contributed by atoms with van der Waals surface area (Å²) in [7, 11) is 1.93. The molecular formula is C19H25N3O2. The third kappa shape index (κ3) is 3.30. The summed E-state index contributed by atoms with van der Waals surface area (Å²) in [6, 6.07) is 6.18. The van der Waals surface area contributed by atoms with Crippen molar-refractivity contribution in [2.45, 2.75) is 39.7 Å². The number of nitrogens with zero attached hydrogens (tertiary/aromatic N) is 3. The largest absolute Gasteiger partial charge is 0.443 e. The van der Waals surface area contributed by atoms with Crippen LogP contribution in [0.5, 0.6) is 0 Å². The number of hydrogen-bond donors (Lipinski definition) is 0. The van der Waals surface area contributed by atoms with Crippen molar-refractivity contribution in [1.82, 2.24) is 14.7 Å². The highest BCUT2D eigenvalue weighted by Gasteiger charge is 2.29. The molecule has 1 aromatic carbocycles. The van der Waals surface area contributed by atoms with Crippen molar-refractivity contribution in [1.29, 1.82) is 0 Å². The molecule has 0 N–H and O–H groups in total. The second-order valence-corrected chi connectivity index (χ2v) is 7.56. The second kappa shape index (κ2) is 5.96. The lowest BCUT2D eigenvalue weighted by Gasteiger charge is -2.34. The second-order valence-electron chi connectivity index (χ2n) is 7.56. The molecule has 2 heterocycles. The van der Waals surface area contributed by atoms with Gasteiger partial charge in [-0.3, -0.25) is 9.58 Å². The van der Waals surface area contributed by atoms with Gasteiger partial charge in [0.2, 0.25) is 0 Å². The lowest BCUT2D eigenvalue weighted by molar-refractivity contribution is 0.0327. The Hall–Kier alpha value is -2.30. The van der Waals surface area contributed by atoms with Crippen molar-refractivity contribution >= 4 is 22.7 Å². The summed E-state index contributed by atoms with van der Waals surface area (Å²) in [6.45, 7) is 8.50. The van der Waals surface area contributed by atoms with Crippen LogP contribution >= 0.6 is 0 Å². The highest BCUT2D eigenvalue weighted by molar-refractivity contribution is 5.87. The molecular weight excluding hydrogens is 302 g/mol. The molecule has 24 heavy (non-hydrogen) atoms. The third-order valence-electron chi connectivity index (χ3n) is 4.16. The summed E-state index contributed by atoms with van der Waals surface area (Å²) in [5, 5.41) is 5.38. The zero-order valence-electron chi connectivity index (χ0n) is 15.0. The van der Waals surface area contributed by atoms with E-state index in [2.05, 4.69) is 24.2 Å². The predicted molar refractivity (Wildman–Crippen MR) is 95.4 cm³/mol. The normalized spacial score (nSPS) is 18.6. The quantitative estimate of drug-likeness (QED) is 0.789. The van der Waals surface area contributed by atoms with Crippen LogP contribution in [0, 0.1) is 5.92 Å². The van der Waals surface area contributed by atoms with Crippen LogP contribution in [0.25, 0.3) is 16.6 Å². The minimum Gasteiger partial charge on any atom is -0.443 e. The van der Waals surface area contributed by atoms with E-state index in [1.165, 1.54) is 0 Å². The van der Waals surface area contributed by atoms with E-state index in [9.17, 15) is 4.79 Å². The SMILES string of the molecule is CC1CC=C(c2ccc3cnn(C)c3c2)N(C(=O)OC(C)(C)C)C1. The first kappa shape index (κ1) is 16.6. The number of allylic oxidation sites excluding steroid dienone is 1. The van der Waals surface area contributed by atoms with Crippen LogP contribution in [0.2, 0.25) is 0 Å². The Bertz CT molecular complexity index is 799. The van der Waals surface area contributed by atoms with Crippen LogP contribution in [0.1, 0.15) is 39.7 Å². The van der Waals surface area contributed by atoms with Crippen LogP contribution in [-0.4, -0.2) is 32.9 Å². The maximum absolute atomic E-state index is 12.7. The van der Waals surface area contributed by atoms with Crippen molar-refractivity contribution in [3.63, 3.8) is 0 Å². The first-order valence-electron chi connectivity index (χ1n) is 8.37. The Kier molecular flexibility index (Phi) is 4.11. The van der Waals surface area contributed by atoms with E-state index >= 15 is 0 Å². The number of benzene rings is 1. The summed E-state index contributed by atoms with van der Waals surface area (Å²) >= 11 is 0. The van der Waals surface area contributed by atoms with Crippen LogP contribution in [0.15, 0.2) is 30.5 Å². The van der Waals surface area contributed by atoms with Crippen molar-refractivity contribution in [3.05, 3.63) is 36.0 Å². The lowest BCUT2D eigenvalue weighted by Crippen LogP contribution is -2.39. The Morgan fingerprint density at radius 1 is 1.33 bits per heavy atom. The van der Waals surface area contributed by atoms with Gasteiger partial charge in [-0.25, -0.2) is 4.79 Å². The Balaban J connectivity index is 1.98. The molecule has 1 amide bonds. The van der Waals surface area contributed by atoms with Gasteiger partial charge in [0.1, 0.15) is 5.60 Å². The van der Waals surface area contributed by atoms with Crippen LogP contribution in [-0.2, 0) is 11.8 Å². The molecule has 128 valence electrons. The van der Waals surface area contributed by atoms with Gasteiger partial charge in [-0.15, -0.1) is 0 Å². The lowest BCUT2D eigenvalue weighted by atomic mass is 9.98. The molecule has 0 fully saturated rings. The van der Waals surface area contributed by atoms with Crippen molar-refractivity contribution < 1.29 is 9.53 Å². The molecule has 0 saturated heterocycles. The van der Waals surface area contributed by atoms with Crippen molar-refractivity contribution in [2.75, 3.05) is 6.54 Å². The molecule has 1 atom stereocenters. The number of fused-ring (bicyclic) bond motifs is 1. The number of carbonyl (C=O) groups is 1. The number of carbonyl (C=O) groups excluding carboxylic acids is 1. The fraction of sp³-hybridized carbons (Fsp3) is 0.474. The van der Waals surface area contributed by atoms with Gasteiger partial charge >= 0.3 is 6.09 Å². The Morgan fingerprint density at radius 2 is 2.08 bits per heavy atom. The molecule has 1 aromatic heterocycles. The van der Waals surface area contributed by atoms with Gasteiger partial charge in [-0.1, -0.05) is 25.1 Å². The molecule has 0 saturated carbocycles. The predicted octanol–water partition coefficient (Wildman–Crippen LogP) is 4.19. The average Bonchev–Trinajstić information content (AvgIpc) is 2.86. The van der Waals surface area contributed by atoms with Gasteiger partial charge in [0, 0.05) is 24.5 Å². The number of ether oxygens (including phenoxy) is 1. The van der Waals surface area contributed by atoms with Gasteiger partial charge in [0.15, 0.2) is 0 Å². The molecule has 0 bridgehead atoms. The number of aromatic nitrogens is 2. The molecule has 1 aliphatic rings. The number of hydrogen-bond acceptors (Lipinski definition) is 3. The minimum absolute atomic E-state index is 0.287. The molecule has 0 spiro atoms. The summed E-state index contributed by atoms with van der Waals surface area (Å²) < 4.78 is 7.45. The van der Waals surface area contributed by atoms with E-state index in [0.29, 0.717) is 12.5 Å². The number of aryl methyl sites for hydroxylation is 1. The summed E-state index contributed by atoms with van der Waals surface area (Å²) in [5.74, 6) is 0.418.